The molecule has 1 aliphatic rings. The van der Waals surface area contributed by atoms with E-state index < -0.39 is 0 Å². The van der Waals surface area contributed by atoms with E-state index in [1.165, 1.54) is 0 Å². The van der Waals surface area contributed by atoms with E-state index in [0.717, 1.165) is 13.3 Å². The van der Waals surface area contributed by atoms with Crippen molar-refractivity contribution in [3.8, 4) is 0 Å². The standard InChI is InChI=1S/C3H9N3/c1-5-2-6(4)3-5/h2-4H2,1H3. The van der Waals surface area contributed by atoms with Crippen LogP contribution in [0.3, 0.4) is 0 Å². The highest BCUT2D eigenvalue weighted by molar-refractivity contribution is 4.56. The number of hydrazine groups is 1. The summed E-state index contributed by atoms with van der Waals surface area (Å²) in [6.07, 6.45) is 0. The Kier molecular flexibility index (Phi) is 0.799. The molecule has 1 fully saturated rings. The quantitative estimate of drug-likeness (QED) is 0.385. The zero-order chi connectivity index (χ0) is 4.57. The highest BCUT2D eigenvalue weighted by Crippen LogP contribution is 1.95. The highest BCUT2D eigenvalue weighted by Gasteiger charge is 2.13. The van der Waals surface area contributed by atoms with E-state index in [-0.39, 0.29) is 0 Å². The predicted octanol–water partition coefficient (Wildman–Crippen LogP) is -0.977. The van der Waals surface area contributed by atoms with Gasteiger partial charge >= 0.3 is 0 Å². The molecule has 0 spiro atoms. The van der Waals surface area contributed by atoms with Crippen LogP contribution in [0.25, 0.3) is 0 Å². The van der Waals surface area contributed by atoms with Crippen LogP contribution in [-0.4, -0.2) is 30.3 Å². The Balaban J connectivity index is 2.11. The van der Waals surface area contributed by atoms with Gasteiger partial charge in [-0.25, -0.2) is 5.01 Å². The van der Waals surface area contributed by atoms with Crippen molar-refractivity contribution in [2.75, 3.05) is 20.4 Å². The van der Waals surface area contributed by atoms with Crippen LogP contribution in [0.1, 0.15) is 0 Å². The molecular formula is C3H9N3. The SMILES string of the molecule is CN1CN(N)C1. The molecule has 6 heavy (non-hydrogen) atoms. The monoisotopic (exact) mass is 87.1 g/mol. The topological polar surface area (TPSA) is 32.5 Å². The fraction of sp³-hybridized carbons (Fsp3) is 1.00. The van der Waals surface area contributed by atoms with Gasteiger partial charge in [-0.3, -0.25) is 10.7 Å². The van der Waals surface area contributed by atoms with Crippen molar-refractivity contribution in [2.24, 2.45) is 5.84 Å². The van der Waals surface area contributed by atoms with Crippen molar-refractivity contribution < 1.29 is 0 Å². The summed E-state index contributed by atoms with van der Waals surface area (Å²) in [5.74, 6) is 5.26. The second-order valence-corrected chi connectivity index (χ2v) is 1.73. The lowest BCUT2D eigenvalue weighted by Crippen LogP contribution is -2.56. The minimum Gasteiger partial charge on any atom is -0.278 e. The Bertz CT molecular complexity index is 42.0. The lowest BCUT2D eigenvalue weighted by Gasteiger charge is -2.35. The van der Waals surface area contributed by atoms with Gasteiger partial charge in [-0.05, 0) is 7.05 Å². The highest BCUT2D eigenvalue weighted by atomic mass is 15.6. The lowest BCUT2D eigenvalue weighted by atomic mass is 10.6. The second-order valence-electron chi connectivity index (χ2n) is 1.73. The Morgan fingerprint density at radius 2 is 2.00 bits per heavy atom. The minimum absolute atomic E-state index is 0.917. The largest absolute Gasteiger partial charge is 0.278 e. The second kappa shape index (κ2) is 1.18. The molecule has 1 heterocycles. The molecule has 0 radical (unpaired) electrons. The van der Waals surface area contributed by atoms with Crippen molar-refractivity contribution in [2.45, 2.75) is 0 Å². The van der Waals surface area contributed by atoms with E-state index in [1.54, 1.807) is 5.01 Å². The first kappa shape index (κ1) is 4.05. The molecule has 0 unspecified atom stereocenters. The van der Waals surface area contributed by atoms with Crippen molar-refractivity contribution in [3.63, 3.8) is 0 Å². The Morgan fingerprint density at radius 1 is 1.50 bits per heavy atom. The molecule has 2 N–H and O–H groups in total. The van der Waals surface area contributed by atoms with Crippen molar-refractivity contribution in [1.29, 1.82) is 0 Å². The third-order valence-corrected chi connectivity index (χ3v) is 0.846. The van der Waals surface area contributed by atoms with Gasteiger partial charge in [0.25, 0.3) is 0 Å². The average Bonchev–Trinajstić information content (AvgIpc) is 1.33. The van der Waals surface area contributed by atoms with Crippen LogP contribution < -0.4 is 5.84 Å². The third kappa shape index (κ3) is 0.518. The fourth-order valence-corrected chi connectivity index (χ4v) is 0.579. The lowest BCUT2D eigenvalue weighted by molar-refractivity contribution is -0.00926. The van der Waals surface area contributed by atoms with Gasteiger partial charge < -0.3 is 0 Å². The molecule has 1 saturated heterocycles. The maximum absolute atomic E-state index is 5.26. The van der Waals surface area contributed by atoms with E-state index in [0.29, 0.717) is 0 Å². The van der Waals surface area contributed by atoms with Crippen LogP contribution >= 0.6 is 0 Å². The van der Waals surface area contributed by atoms with Gasteiger partial charge in [0.1, 0.15) is 0 Å². The summed E-state index contributed by atoms with van der Waals surface area (Å²) >= 11 is 0. The number of rotatable bonds is 0. The molecule has 1 rings (SSSR count). The molecule has 0 bridgehead atoms. The molecule has 0 aliphatic carbocycles. The number of nitrogens with zero attached hydrogens (tertiary/aromatic N) is 2. The van der Waals surface area contributed by atoms with E-state index in [1.807, 2.05) is 7.05 Å². The molecular weight excluding hydrogens is 78.1 g/mol. The van der Waals surface area contributed by atoms with Gasteiger partial charge in [-0.1, -0.05) is 0 Å². The van der Waals surface area contributed by atoms with Gasteiger partial charge in [-0.15, -0.1) is 0 Å². The Hall–Kier alpha value is -0.120. The molecule has 36 valence electrons. The van der Waals surface area contributed by atoms with Crippen molar-refractivity contribution in [1.82, 2.24) is 9.91 Å². The molecule has 0 atom stereocenters. The summed E-state index contributed by atoms with van der Waals surface area (Å²) in [6.45, 7) is 1.83. The first-order chi connectivity index (χ1) is 2.79. The molecule has 0 aromatic rings. The number of nitrogens with two attached hydrogens (primary N) is 1. The van der Waals surface area contributed by atoms with Gasteiger partial charge in [0.15, 0.2) is 0 Å². The third-order valence-electron chi connectivity index (χ3n) is 0.846. The number of hydrogen-bond donors (Lipinski definition) is 1. The summed E-state index contributed by atoms with van der Waals surface area (Å²) in [5, 5.41) is 1.75. The molecule has 0 saturated carbocycles. The zero-order valence-corrected chi connectivity index (χ0v) is 3.89. The minimum atomic E-state index is 0.917. The molecule has 3 nitrogen and oxygen atoms in total. The molecule has 0 amide bonds. The summed E-state index contributed by atoms with van der Waals surface area (Å²) in [7, 11) is 2.03. The average molecular weight is 87.1 g/mol. The van der Waals surface area contributed by atoms with Crippen molar-refractivity contribution >= 4 is 0 Å². The van der Waals surface area contributed by atoms with E-state index >= 15 is 0 Å². The van der Waals surface area contributed by atoms with Gasteiger partial charge in [0, 0.05) is 0 Å². The van der Waals surface area contributed by atoms with Crippen LogP contribution in [0, 0.1) is 0 Å². The Labute approximate surface area is 37.3 Å². The molecule has 0 aromatic carbocycles. The van der Waals surface area contributed by atoms with E-state index in [9.17, 15) is 0 Å². The normalized spacial score (nSPS) is 27.0. The summed E-state index contributed by atoms with van der Waals surface area (Å²) in [6, 6.07) is 0. The first-order valence-corrected chi connectivity index (χ1v) is 1.97. The van der Waals surface area contributed by atoms with Crippen LogP contribution in [-0.2, 0) is 0 Å². The van der Waals surface area contributed by atoms with Gasteiger partial charge in [0.2, 0.25) is 0 Å². The van der Waals surface area contributed by atoms with E-state index in [2.05, 4.69) is 4.90 Å². The molecule has 1 aliphatic heterocycles. The smallest absolute Gasteiger partial charge is 0.0666 e. The van der Waals surface area contributed by atoms with Crippen LogP contribution in [0.5, 0.6) is 0 Å². The van der Waals surface area contributed by atoms with Crippen molar-refractivity contribution in [3.05, 3.63) is 0 Å². The number of hydrogen-bond acceptors (Lipinski definition) is 3. The maximum Gasteiger partial charge on any atom is 0.0666 e. The maximum atomic E-state index is 5.26. The Morgan fingerprint density at radius 3 is 2.00 bits per heavy atom. The van der Waals surface area contributed by atoms with Crippen LogP contribution in [0.4, 0.5) is 0 Å². The fourth-order valence-electron chi connectivity index (χ4n) is 0.579. The van der Waals surface area contributed by atoms with E-state index in [4.69, 9.17) is 5.84 Å². The zero-order valence-electron chi connectivity index (χ0n) is 3.89. The summed E-state index contributed by atoms with van der Waals surface area (Å²) in [5.41, 5.74) is 0. The van der Waals surface area contributed by atoms with Crippen LogP contribution in [0.2, 0.25) is 0 Å². The summed E-state index contributed by atoms with van der Waals surface area (Å²) in [4.78, 5) is 2.12. The first-order valence-electron chi connectivity index (χ1n) is 1.97. The van der Waals surface area contributed by atoms with Gasteiger partial charge in [0.05, 0.1) is 13.3 Å². The molecule has 0 aromatic heterocycles. The van der Waals surface area contributed by atoms with Crippen LogP contribution in [0.15, 0.2) is 0 Å². The summed E-state index contributed by atoms with van der Waals surface area (Å²) < 4.78 is 0. The molecule has 3 heteroatoms. The predicted molar refractivity (Wildman–Crippen MR) is 23.5 cm³/mol. The van der Waals surface area contributed by atoms with Gasteiger partial charge in [-0.2, -0.15) is 0 Å².